The van der Waals surface area contributed by atoms with Crippen molar-refractivity contribution in [2.45, 2.75) is 25.3 Å². The van der Waals surface area contributed by atoms with Crippen molar-refractivity contribution in [2.75, 3.05) is 0 Å². The van der Waals surface area contributed by atoms with Gasteiger partial charge in [-0.15, -0.1) is 0 Å². The number of nitrogens with one attached hydrogen (secondary N) is 1. The van der Waals surface area contributed by atoms with Crippen LogP contribution in [0, 0.1) is 11.7 Å². The summed E-state index contributed by atoms with van der Waals surface area (Å²) < 4.78 is 14.4. The minimum absolute atomic E-state index is 0.139. The molecule has 1 heterocycles. The van der Waals surface area contributed by atoms with Crippen molar-refractivity contribution in [1.82, 2.24) is 15.1 Å². The van der Waals surface area contributed by atoms with E-state index >= 15 is 0 Å². The predicted molar refractivity (Wildman–Crippen MR) is 79.8 cm³/mol. The van der Waals surface area contributed by atoms with Crippen molar-refractivity contribution < 1.29 is 19.1 Å². The Morgan fingerprint density at radius 1 is 1.22 bits per heavy atom. The number of hydrogen-bond acceptors (Lipinski definition) is 3. The van der Waals surface area contributed by atoms with Crippen molar-refractivity contribution in [3.8, 4) is 5.69 Å². The molecule has 23 heavy (non-hydrogen) atoms. The van der Waals surface area contributed by atoms with Gasteiger partial charge >= 0.3 is 5.97 Å². The molecule has 6 nitrogen and oxygen atoms in total. The molecule has 1 amide bonds. The van der Waals surface area contributed by atoms with E-state index < -0.39 is 11.9 Å². The Bertz CT molecular complexity index is 726. The van der Waals surface area contributed by atoms with Crippen LogP contribution in [0.5, 0.6) is 0 Å². The summed E-state index contributed by atoms with van der Waals surface area (Å²) in [4.78, 5) is 23.1. The van der Waals surface area contributed by atoms with Crippen molar-refractivity contribution in [3.05, 3.63) is 48.0 Å². The first kappa shape index (κ1) is 15.2. The van der Waals surface area contributed by atoms with E-state index in [1.165, 1.54) is 16.8 Å². The number of halogens is 1. The van der Waals surface area contributed by atoms with Crippen LogP contribution in [0.3, 0.4) is 0 Å². The van der Waals surface area contributed by atoms with Crippen molar-refractivity contribution >= 4 is 11.9 Å². The second-order valence-corrected chi connectivity index (χ2v) is 5.64. The van der Waals surface area contributed by atoms with Gasteiger partial charge in [-0.25, -0.2) is 9.07 Å². The van der Waals surface area contributed by atoms with E-state index in [-0.39, 0.29) is 23.5 Å². The van der Waals surface area contributed by atoms with Gasteiger partial charge in [0.15, 0.2) is 5.69 Å². The molecule has 2 aromatic rings. The lowest BCUT2D eigenvalue weighted by Gasteiger charge is -2.11. The summed E-state index contributed by atoms with van der Waals surface area (Å²) in [5.41, 5.74) is 0.894. The van der Waals surface area contributed by atoms with Crippen LogP contribution in [0.15, 0.2) is 36.5 Å². The maximum absolute atomic E-state index is 12.9. The molecule has 7 heteroatoms. The molecule has 0 spiro atoms. The van der Waals surface area contributed by atoms with Crippen molar-refractivity contribution in [1.29, 1.82) is 0 Å². The lowest BCUT2D eigenvalue weighted by molar-refractivity contribution is -0.141. The molecule has 0 aliphatic heterocycles. The third-order valence-electron chi connectivity index (χ3n) is 4.03. The second kappa shape index (κ2) is 6.20. The molecule has 0 unspecified atom stereocenters. The zero-order chi connectivity index (χ0) is 16.4. The number of carbonyl (C=O) groups is 2. The van der Waals surface area contributed by atoms with Crippen LogP contribution in [-0.2, 0) is 4.79 Å². The van der Waals surface area contributed by atoms with E-state index in [1.54, 1.807) is 24.4 Å². The average Bonchev–Trinajstić information content (AvgIpc) is 3.17. The fourth-order valence-corrected chi connectivity index (χ4v) is 2.78. The average molecular weight is 317 g/mol. The third kappa shape index (κ3) is 3.39. The van der Waals surface area contributed by atoms with Gasteiger partial charge in [0.2, 0.25) is 0 Å². The molecule has 0 saturated heterocycles. The molecule has 0 bridgehead atoms. The van der Waals surface area contributed by atoms with E-state index in [2.05, 4.69) is 10.4 Å². The summed E-state index contributed by atoms with van der Waals surface area (Å²) in [5.74, 6) is -1.88. The summed E-state index contributed by atoms with van der Waals surface area (Å²) in [5, 5.41) is 16.0. The van der Waals surface area contributed by atoms with E-state index in [1.807, 2.05) is 0 Å². The van der Waals surface area contributed by atoms with E-state index in [0.29, 0.717) is 24.9 Å². The third-order valence-corrected chi connectivity index (χ3v) is 4.03. The van der Waals surface area contributed by atoms with Gasteiger partial charge < -0.3 is 10.4 Å². The monoisotopic (exact) mass is 317 g/mol. The van der Waals surface area contributed by atoms with E-state index in [9.17, 15) is 14.0 Å². The molecule has 1 fully saturated rings. The number of aromatic nitrogens is 2. The zero-order valence-corrected chi connectivity index (χ0v) is 12.3. The van der Waals surface area contributed by atoms with Gasteiger partial charge in [-0.1, -0.05) is 0 Å². The first-order valence-electron chi connectivity index (χ1n) is 7.38. The highest BCUT2D eigenvalue weighted by Crippen LogP contribution is 2.25. The van der Waals surface area contributed by atoms with Gasteiger partial charge in [-0.05, 0) is 49.6 Å². The normalized spacial score (nSPS) is 20.4. The first-order valence-corrected chi connectivity index (χ1v) is 7.38. The minimum Gasteiger partial charge on any atom is -0.481 e. The van der Waals surface area contributed by atoms with Crippen LogP contribution in [-0.4, -0.2) is 32.8 Å². The molecule has 1 aliphatic carbocycles. The largest absolute Gasteiger partial charge is 0.481 e. The highest BCUT2D eigenvalue weighted by atomic mass is 19.1. The number of rotatable bonds is 4. The number of benzene rings is 1. The molecule has 120 valence electrons. The number of nitrogens with zero attached hydrogens (tertiary/aromatic N) is 2. The topological polar surface area (TPSA) is 84.2 Å². The lowest BCUT2D eigenvalue weighted by Crippen LogP contribution is -2.33. The molecule has 0 radical (unpaired) electrons. The van der Waals surface area contributed by atoms with Gasteiger partial charge in [-0.3, -0.25) is 9.59 Å². The Labute approximate surface area is 131 Å². The number of carbonyl (C=O) groups excluding carboxylic acids is 1. The zero-order valence-electron chi connectivity index (χ0n) is 12.3. The summed E-state index contributed by atoms with van der Waals surface area (Å²) in [7, 11) is 0. The van der Waals surface area contributed by atoms with Crippen LogP contribution in [0.2, 0.25) is 0 Å². The molecule has 2 N–H and O–H groups in total. The molecular formula is C16H16FN3O3. The molecule has 1 saturated carbocycles. The fraction of sp³-hybridized carbons (Fsp3) is 0.312. The summed E-state index contributed by atoms with van der Waals surface area (Å²) >= 11 is 0. The first-order chi connectivity index (χ1) is 11.0. The minimum atomic E-state index is -0.817. The van der Waals surface area contributed by atoms with Gasteiger partial charge in [0, 0.05) is 12.2 Å². The molecule has 1 aliphatic rings. The lowest BCUT2D eigenvalue weighted by atomic mass is 10.1. The number of amides is 1. The van der Waals surface area contributed by atoms with Gasteiger partial charge in [0.25, 0.3) is 5.91 Å². The molecular weight excluding hydrogens is 301 g/mol. The van der Waals surface area contributed by atoms with Crippen LogP contribution in [0.4, 0.5) is 4.39 Å². The van der Waals surface area contributed by atoms with Crippen molar-refractivity contribution in [2.24, 2.45) is 5.92 Å². The van der Waals surface area contributed by atoms with Gasteiger partial charge in [0.05, 0.1) is 11.6 Å². The maximum Gasteiger partial charge on any atom is 0.306 e. The van der Waals surface area contributed by atoms with Gasteiger partial charge in [-0.2, -0.15) is 5.10 Å². The highest BCUT2D eigenvalue weighted by molar-refractivity contribution is 5.92. The molecule has 1 aromatic carbocycles. The van der Waals surface area contributed by atoms with Crippen LogP contribution in [0.25, 0.3) is 5.69 Å². The molecule has 3 rings (SSSR count). The predicted octanol–water partition coefficient (Wildman–Crippen LogP) is 1.99. The highest BCUT2D eigenvalue weighted by Gasteiger charge is 2.30. The Balaban J connectivity index is 1.65. The SMILES string of the molecule is O=C(N[C@@H]1CC[C@H](C(=O)O)C1)c1ccn(-c2ccc(F)cc2)n1. The van der Waals surface area contributed by atoms with Crippen molar-refractivity contribution in [3.63, 3.8) is 0 Å². The van der Waals surface area contributed by atoms with Crippen LogP contribution >= 0.6 is 0 Å². The Kier molecular flexibility index (Phi) is 4.10. The van der Waals surface area contributed by atoms with E-state index in [0.717, 1.165) is 0 Å². The second-order valence-electron chi connectivity index (χ2n) is 5.64. The summed E-state index contributed by atoms with van der Waals surface area (Å²) in [6, 6.07) is 7.21. The standard InChI is InChI=1S/C16H16FN3O3/c17-11-2-5-13(6-3-11)20-8-7-14(19-20)15(21)18-12-4-1-10(9-12)16(22)23/h2-3,5-8,10,12H,1,4,9H2,(H,18,21)(H,22,23)/t10-,12+/m0/s1. The summed E-state index contributed by atoms with van der Waals surface area (Å²) in [6.45, 7) is 0. The number of hydrogen-bond donors (Lipinski definition) is 2. The van der Waals surface area contributed by atoms with Crippen LogP contribution in [0.1, 0.15) is 29.8 Å². The molecule has 2 atom stereocenters. The quantitative estimate of drug-likeness (QED) is 0.903. The fourth-order valence-electron chi connectivity index (χ4n) is 2.78. The number of carboxylic acids is 1. The van der Waals surface area contributed by atoms with E-state index in [4.69, 9.17) is 5.11 Å². The smallest absolute Gasteiger partial charge is 0.306 e. The Morgan fingerprint density at radius 2 is 1.96 bits per heavy atom. The maximum atomic E-state index is 12.9. The summed E-state index contributed by atoms with van der Waals surface area (Å²) in [6.07, 6.45) is 3.29. The number of aliphatic carboxylic acids is 1. The molecule has 1 aromatic heterocycles. The Morgan fingerprint density at radius 3 is 2.61 bits per heavy atom. The van der Waals surface area contributed by atoms with Gasteiger partial charge in [0.1, 0.15) is 5.82 Å². The number of carboxylic acid groups (broad SMARTS) is 1. The Hall–Kier alpha value is -2.70. The van der Waals surface area contributed by atoms with Crippen LogP contribution < -0.4 is 5.32 Å².